The molecular weight excluding hydrogens is 104 g/mol. The molecule has 8 heavy (non-hydrogen) atoms. The van der Waals surface area contributed by atoms with Crippen LogP contribution in [-0.2, 0) is 4.74 Å². The first-order valence-electron chi connectivity index (χ1n) is 2.43. The van der Waals surface area contributed by atoms with Crippen molar-refractivity contribution in [2.75, 3.05) is 7.11 Å². The van der Waals surface area contributed by atoms with Gasteiger partial charge in [-0.1, -0.05) is 0 Å². The van der Waals surface area contributed by atoms with Crippen molar-refractivity contribution in [2.24, 2.45) is 10.7 Å². The zero-order valence-electron chi connectivity index (χ0n) is 5.51. The predicted octanol–water partition coefficient (Wildman–Crippen LogP) is 0.356. The third kappa shape index (κ3) is 2.58. The first-order chi connectivity index (χ1) is 3.62. The summed E-state index contributed by atoms with van der Waals surface area (Å²) in [6, 6.07) is 0. The molecule has 0 rings (SSSR count). The summed E-state index contributed by atoms with van der Waals surface area (Å²) >= 11 is 0. The molecular formula is C5H12N2O. The third-order valence-electron chi connectivity index (χ3n) is 0.885. The molecule has 2 N–H and O–H groups in total. The average molecular weight is 116 g/mol. The Morgan fingerprint density at radius 2 is 2.12 bits per heavy atom. The number of ether oxygens (including phenoxy) is 1. The smallest absolute Gasteiger partial charge is 0.154 e. The molecule has 0 aliphatic rings. The summed E-state index contributed by atoms with van der Waals surface area (Å²) in [6.45, 7) is 3.66. The molecule has 0 atom stereocenters. The van der Waals surface area contributed by atoms with Gasteiger partial charge in [-0.2, -0.15) is 0 Å². The highest BCUT2D eigenvalue weighted by molar-refractivity contribution is 5.51. The highest BCUT2D eigenvalue weighted by Gasteiger charge is 2.10. The van der Waals surface area contributed by atoms with Crippen molar-refractivity contribution in [1.82, 2.24) is 0 Å². The summed E-state index contributed by atoms with van der Waals surface area (Å²) in [4.78, 5) is 3.81. The van der Waals surface area contributed by atoms with Crippen molar-refractivity contribution in [2.45, 2.75) is 19.6 Å². The fourth-order valence-electron chi connectivity index (χ4n) is 0.232. The van der Waals surface area contributed by atoms with Crippen LogP contribution in [0.4, 0.5) is 0 Å². The van der Waals surface area contributed by atoms with E-state index in [-0.39, 0.29) is 0 Å². The van der Waals surface area contributed by atoms with Crippen molar-refractivity contribution in [3.05, 3.63) is 0 Å². The maximum Gasteiger partial charge on any atom is 0.154 e. The molecule has 0 heterocycles. The molecule has 0 unspecified atom stereocenters. The number of hydrogen-bond acceptors (Lipinski definition) is 2. The number of nitrogens with zero attached hydrogens (tertiary/aromatic N) is 1. The predicted molar refractivity (Wildman–Crippen MR) is 33.8 cm³/mol. The number of aliphatic imine (C=N–C) groups is 1. The van der Waals surface area contributed by atoms with E-state index in [2.05, 4.69) is 4.99 Å². The molecule has 0 saturated heterocycles. The molecule has 0 aromatic heterocycles. The Kier molecular flexibility index (Phi) is 2.48. The summed E-state index contributed by atoms with van der Waals surface area (Å²) in [5.41, 5.74) is 4.56. The second-order valence-electron chi connectivity index (χ2n) is 1.93. The summed E-state index contributed by atoms with van der Waals surface area (Å²) in [7, 11) is 1.59. The van der Waals surface area contributed by atoms with Crippen molar-refractivity contribution in [3.8, 4) is 0 Å². The van der Waals surface area contributed by atoms with E-state index in [0.29, 0.717) is 0 Å². The number of rotatable bonds is 2. The van der Waals surface area contributed by atoms with Crippen molar-refractivity contribution in [1.29, 1.82) is 0 Å². The number of hydrogen-bond donors (Lipinski definition) is 1. The summed E-state index contributed by atoms with van der Waals surface area (Å²) in [5, 5.41) is 0. The van der Waals surface area contributed by atoms with Crippen LogP contribution >= 0.6 is 0 Å². The topological polar surface area (TPSA) is 47.6 Å². The highest BCUT2D eigenvalue weighted by Crippen LogP contribution is 2.06. The van der Waals surface area contributed by atoms with Crippen LogP contribution in [0.1, 0.15) is 13.8 Å². The summed E-state index contributed by atoms with van der Waals surface area (Å²) < 4.78 is 4.90. The van der Waals surface area contributed by atoms with E-state index < -0.39 is 5.72 Å². The lowest BCUT2D eigenvalue weighted by Gasteiger charge is -2.15. The maximum atomic E-state index is 5.02. The molecule has 48 valence electrons. The van der Waals surface area contributed by atoms with Crippen LogP contribution in [0.25, 0.3) is 0 Å². The van der Waals surface area contributed by atoms with Crippen LogP contribution in [0.5, 0.6) is 0 Å². The van der Waals surface area contributed by atoms with Crippen LogP contribution < -0.4 is 5.73 Å². The number of nitrogens with two attached hydrogens (primary N) is 1. The Morgan fingerprint density at radius 1 is 1.62 bits per heavy atom. The van der Waals surface area contributed by atoms with Crippen molar-refractivity contribution < 1.29 is 4.74 Å². The van der Waals surface area contributed by atoms with Crippen LogP contribution in [0.3, 0.4) is 0 Å². The van der Waals surface area contributed by atoms with E-state index in [4.69, 9.17) is 10.5 Å². The van der Waals surface area contributed by atoms with E-state index in [1.54, 1.807) is 7.11 Å². The van der Waals surface area contributed by atoms with Gasteiger partial charge in [-0.15, -0.1) is 0 Å². The van der Waals surface area contributed by atoms with E-state index in [1.165, 1.54) is 6.34 Å². The van der Waals surface area contributed by atoms with Crippen LogP contribution in [0.15, 0.2) is 4.99 Å². The first kappa shape index (κ1) is 7.43. The quantitative estimate of drug-likeness (QED) is 0.418. The van der Waals surface area contributed by atoms with Crippen LogP contribution in [0, 0.1) is 0 Å². The van der Waals surface area contributed by atoms with E-state index in [1.807, 2.05) is 13.8 Å². The van der Waals surface area contributed by atoms with Gasteiger partial charge in [0.25, 0.3) is 0 Å². The minimum Gasteiger partial charge on any atom is -0.390 e. The number of methoxy groups -OCH3 is 1. The molecule has 0 aliphatic heterocycles. The fraction of sp³-hybridized carbons (Fsp3) is 0.800. The molecule has 0 saturated carbocycles. The molecule has 0 fully saturated rings. The first-order valence-corrected chi connectivity index (χ1v) is 2.43. The van der Waals surface area contributed by atoms with Gasteiger partial charge in [-0.3, -0.25) is 0 Å². The van der Waals surface area contributed by atoms with Gasteiger partial charge in [-0.05, 0) is 13.8 Å². The standard InChI is InChI=1S/C5H12N2O/c1-5(2,8-3)7-4-6/h4H,1-3H3,(H2,6,7). The molecule has 0 amide bonds. The highest BCUT2D eigenvalue weighted by atomic mass is 16.5. The van der Waals surface area contributed by atoms with E-state index in [9.17, 15) is 0 Å². The Labute approximate surface area is 49.5 Å². The molecule has 0 spiro atoms. The SMILES string of the molecule is COC(C)(C)/N=C\N. The summed E-state index contributed by atoms with van der Waals surface area (Å²) in [5.74, 6) is 0. The second kappa shape index (κ2) is 2.67. The zero-order chi connectivity index (χ0) is 6.62. The normalized spacial score (nSPS) is 12.9. The maximum absolute atomic E-state index is 5.02. The molecule has 0 aromatic rings. The van der Waals surface area contributed by atoms with Gasteiger partial charge in [-0.25, -0.2) is 4.99 Å². The third-order valence-corrected chi connectivity index (χ3v) is 0.885. The van der Waals surface area contributed by atoms with Crippen LogP contribution in [0.2, 0.25) is 0 Å². The Morgan fingerprint density at radius 3 is 2.25 bits per heavy atom. The van der Waals surface area contributed by atoms with Gasteiger partial charge in [0.2, 0.25) is 0 Å². The Bertz CT molecular complexity index is 88.4. The lowest BCUT2D eigenvalue weighted by atomic mass is 10.3. The molecule has 0 radical (unpaired) electrons. The molecule has 0 aromatic carbocycles. The summed E-state index contributed by atoms with van der Waals surface area (Å²) in [6.07, 6.45) is 1.24. The van der Waals surface area contributed by atoms with Crippen molar-refractivity contribution in [3.63, 3.8) is 0 Å². The molecule has 3 heteroatoms. The molecule has 3 nitrogen and oxygen atoms in total. The van der Waals surface area contributed by atoms with Gasteiger partial charge in [0.15, 0.2) is 5.72 Å². The van der Waals surface area contributed by atoms with E-state index in [0.717, 1.165) is 0 Å². The minimum absolute atomic E-state index is 0.464. The van der Waals surface area contributed by atoms with Gasteiger partial charge >= 0.3 is 0 Å². The zero-order valence-corrected chi connectivity index (χ0v) is 5.51. The Balaban J connectivity index is 3.71. The lowest BCUT2D eigenvalue weighted by molar-refractivity contribution is 0.0314. The monoisotopic (exact) mass is 116 g/mol. The average Bonchev–Trinajstić information content (AvgIpc) is 1.67. The largest absolute Gasteiger partial charge is 0.390 e. The van der Waals surface area contributed by atoms with Crippen LogP contribution in [-0.4, -0.2) is 19.2 Å². The second-order valence-corrected chi connectivity index (χ2v) is 1.93. The van der Waals surface area contributed by atoms with Gasteiger partial charge in [0.1, 0.15) is 0 Å². The van der Waals surface area contributed by atoms with Crippen molar-refractivity contribution >= 4 is 6.34 Å². The Hall–Kier alpha value is -0.570. The molecule has 0 aliphatic carbocycles. The minimum atomic E-state index is -0.464. The molecule has 0 bridgehead atoms. The lowest BCUT2D eigenvalue weighted by Crippen LogP contribution is -2.20. The van der Waals surface area contributed by atoms with E-state index >= 15 is 0 Å². The van der Waals surface area contributed by atoms with Gasteiger partial charge < -0.3 is 10.5 Å². The van der Waals surface area contributed by atoms with Gasteiger partial charge in [0, 0.05) is 7.11 Å². The fourth-order valence-corrected chi connectivity index (χ4v) is 0.232. The van der Waals surface area contributed by atoms with Gasteiger partial charge in [0.05, 0.1) is 6.34 Å².